The van der Waals surface area contributed by atoms with Gasteiger partial charge in [-0.25, -0.2) is 4.79 Å². The second-order valence-electron chi connectivity index (χ2n) is 9.24. The topological polar surface area (TPSA) is 67.9 Å². The first-order valence-electron chi connectivity index (χ1n) is 12.6. The number of hydrogen-bond acceptors (Lipinski definition) is 4. The van der Waals surface area contributed by atoms with Crippen LogP contribution in [0.3, 0.4) is 0 Å². The number of urea groups is 1. The molecule has 2 saturated heterocycles. The molecule has 4 rings (SSSR count). The van der Waals surface area contributed by atoms with Crippen LogP contribution in [0, 0.1) is 0 Å². The first kappa shape index (κ1) is 24.2. The zero-order chi connectivity index (χ0) is 23.8. The van der Waals surface area contributed by atoms with Crippen molar-refractivity contribution < 1.29 is 9.59 Å². The fraction of sp³-hybridized carbons (Fsp3) is 0.481. The second kappa shape index (κ2) is 12.0. The highest BCUT2D eigenvalue weighted by Crippen LogP contribution is 2.28. The molecule has 3 amide bonds. The van der Waals surface area contributed by atoms with Crippen LogP contribution >= 0.6 is 0 Å². The fourth-order valence-corrected chi connectivity index (χ4v) is 4.85. The van der Waals surface area contributed by atoms with Gasteiger partial charge in [0.05, 0.1) is 0 Å². The van der Waals surface area contributed by atoms with E-state index in [0.717, 1.165) is 69.9 Å². The van der Waals surface area contributed by atoms with Gasteiger partial charge in [-0.05, 0) is 49.2 Å². The molecule has 0 aromatic heterocycles. The van der Waals surface area contributed by atoms with Gasteiger partial charge in [0.15, 0.2) is 0 Å². The Morgan fingerprint density at radius 3 is 2.47 bits per heavy atom. The minimum atomic E-state index is -0.0652. The Hall–Kier alpha value is -2.90. The van der Waals surface area contributed by atoms with Gasteiger partial charge in [-0.3, -0.25) is 9.69 Å². The smallest absolute Gasteiger partial charge is 0.321 e. The lowest BCUT2D eigenvalue weighted by Crippen LogP contribution is -2.48. The number of likely N-dealkylation sites (tertiary alicyclic amines) is 1. The second-order valence-corrected chi connectivity index (χ2v) is 9.24. The van der Waals surface area contributed by atoms with Gasteiger partial charge in [-0.2, -0.15) is 0 Å². The number of nitrogens with zero attached hydrogens (tertiary/aromatic N) is 3. The minimum absolute atomic E-state index is 0.0245. The van der Waals surface area contributed by atoms with Gasteiger partial charge in [0.25, 0.3) is 5.91 Å². The number of nitrogens with one attached hydrogen (secondary N) is 2. The maximum atomic E-state index is 12.8. The summed E-state index contributed by atoms with van der Waals surface area (Å²) in [6, 6.07) is 17.4. The molecule has 2 aromatic rings. The molecule has 2 aromatic carbocycles. The predicted octanol–water partition coefficient (Wildman–Crippen LogP) is 3.47. The summed E-state index contributed by atoms with van der Waals surface area (Å²) in [5, 5.41) is 6.07. The molecule has 0 aliphatic carbocycles. The quantitative estimate of drug-likeness (QED) is 0.660. The van der Waals surface area contributed by atoms with E-state index in [1.807, 2.05) is 53.4 Å². The Morgan fingerprint density at radius 2 is 1.71 bits per heavy atom. The Morgan fingerprint density at radius 1 is 0.941 bits per heavy atom. The van der Waals surface area contributed by atoms with E-state index in [-0.39, 0.29) is 17.9 Å². The third-order valence-corrected chi connectivity index (χ3v) is 6.98. The molecule has 7 nitrogen and oxygen atoms in total. The molecule has 34 heavy (non-hydrogen) atoms. The number of piperidine rings is 1. The fourth-order valence-electron chi connectivity index (χ4n) is 4.85. The van der Waals surface area contributed by atoms with E-state index in [4.69, 9.17) is 0 Å². The average molecular weight is 464 g/mol. The van der Waals surface area contributed by atoms with Crippen LogP contribution in [0.4, 0.5) is 10.5 Å². The lowest BCUT2D eigenvalue weighted by Gasteiger charge is -2.34. The van der Waals surface area contributed by atoms with Gasteiger partial charge in [-0.15, -0.1) is 0 Å². The molecule has 7 heteroatoms. The number of para-hydroxylation sites is 1. The van der Waals surface area contributed by atoms with E-state index >= 15 is 0 Å². The molecule has 0 radical (unpaired) electrons. The highest BCUT2D eigenvalue weighted by molar-refractivity contribution is 5.94. The van der Waals surface area contributed by atoms with Crippen LogP contribution < -0.4 is 10.6 Å². The molecule has 1 atom stereocenters. The van der Waals surface area contributed by atoms with Crippen molar-refractivity contribution in [2.45, 2.75) is 25.7 Å². The summed E-state index contributed by atoms with van der Waals surface area (Å²) in [5.74, 6) is 0.210. The van der Waals surface area contributed by atoms with Crippen molar-refractivity contribution >= 4 is 17.6 Å². The SMILES string of the molecule is CCN1CCN(CCNC(=O)c2cccc([C@@H]3CCCN(C(=O)Nc4ccccc4)C3)c2)CC1. The summed E-state index contributed by atoms with van der Waals surface area (Å²) in [5.41, 5.74) is 2.63. The first-order chi connectivity index (χ1) is 16.6. The van der Waals surface area contributed by atoms with Crippen molar-refractivity contribution in [3.05, 3.63) is 65.7 Å². The van der Waals surface area contributed by atoms with Crippen molar-refractivity contribution in [2.75, 3.05) is 64.2 Å². The van der Waals surface area contributed by atoms with Crippen LogP contribution in [0.25, 0.3) is 0 Å². The molecular formula is C27H37N5O2. The summed E-state index contributed by atoms with van der Waals surface area (Å²) < 4.78 is 0. The van der Waals surface area contributed by atoms with Crippen molar-refractivity contribution in [3.63, 3.8) is 0 Å². The van der Waals surface area contributed by atoms with Crippen LogP contribution in [-0.4, -0.2) is 85.5 Å². The zero-order valence-corrected chi connectivity index (χ0v) is 20.2. The Labute approximate surface area is 203 Å². The van der Waals surface area contributed by atoms with Gasteiger partial charge in [0.1, 0.15) is 0 Å². The standard InChI is InChI=1S/C27H37N5O2/c1-2-30-16-18-31(19-17-30)15-13-28-26(33)23-9-6-8-22(20-23)24-10-7-14-32(21-24)27(34)29-25-11-4-3-5-12-25/h3-6,8-9,11-12,20,24H,2,7,10,13-19,21H2,1H3,(H,28,33)(H,29,34)/t24-/m1/s1. The van der Waals surface area contributed by atoms with Crippen LogP contribution in [0.1, 0.15) is 41.6 Å². The Balaban J connectivity index is 1.28. The third kappa shape index (κ3) is 6.58. The van der Waals surface area contributed by atoms with E-state index in [1.54, 1.807) is 0 Å². The number of likely N-dealkylation sites (N-methyl/N-ethyl adjacent to an activating group) is 1. The maximum Gasteiger partial charge on any atom is 0.321 e. The normalized spacial score (nSPS) is 19.6. The van der Waals surface area contributed by atoms with E-state index in [2.05, 4.69) is 33.4 Å². The Bertz CT molecular complexity index is 943. The van der Waals surface area contributed by atoms with Crippen molar-refractivity contribution in [1.29, 1.82) is 0 Å². The molecule has 182 valence electrons. The molecule has 2 aliphatic rings. The lowest BCUT2D eigenvalue weighted by atomic mass is 9.89. The van der Waals surface area contributed by atoms with Crippen LogP contribution in [0.15, 0.2) is 54.6 Å². The molecule has 0 bridgehead atoms. The zero-order valence-electron chi connectivity index (χ0n) is 20.2. The van der Waals surface area contributed by atoms with E-state index in [0.29, 0.717) is 18.7 Å². The highest BCUT2D eigenvalue weighted by atomic mass is 16.2. The molecule has 2 aliphatic heterocycles. The monoisotopic (exact) mass is 463 g/mol. The largest absolute Gasteiger partial charge is 0.351 e. The molecule has 0 saturated carbocycles. The molecule has 2 N–H and O–H groups in total. The number of benzene rings is 2. The van der Waals surface area contributed by atoms with E-state index in [1.165, 1.54) is 0 Å². The first-order valence-corrected chi connectivity index (χ1v) is 12.6. The summed E-state index contributed by atoms with van der Waals surface area (Å²) in [6.45, 7) is 10.6. The number of anilines is 1. The van der Waals surface area contributed by atoms with Crippen molar-refractivity contribution in [2.24, 2.45) is 0 Å². The summed E-state index contributed by atoms with van der Waals surface area (Å²) in [6.07, 6.45) is 1.97. The third-order valence-electron chi connectivity index (χ3n) is 6.98. The molecule has 0 spiro atoms. The average Bonchev–Trinajstić information content (AvgIpc) is 2.90. The van der Waals surface area contributed by atoms with Gasteiger partial charge in [-0.1, -0.05) is 37.3 Å². The van der Waals surface area contributed by atoms with Gasteiger partial charge < -0.3 is 20.4 Å². The number of rotatable bonds is 7. The highest BCUT2D eigenvalue weighted by Gasteiger charge is 2.25. The van der Waals surface area contributed by atoms with Crippen LogP contribution in [-0.2, 0) is 0 Å². The van der Waals surface area contributed by atoms with Gasteiger partial charge in [0.2, 0.25) is 0 Å². The van der Waals surface area contributed by atoms with E-state index in [9.17, 15) is 9.59 Å². The van der Waals surface area contributed by atoms with Crippen molar-refractivity contribution in [1.82, 2.24) is 20.0 Å². The summed E-state index contributed by atoms with van der Waals surface area (Å²) >= 11 is 0. The number of hydrogen-bond donors (Lipinski definition) is 2. The van der Waals surface area contributed by atoms with Crippen molar-refractivity contribution in [3.8, 4) is 0 Å². The minimum Gasteiger partial charge on any atom is -0.351 e. The molecular weight excluding hydrogens is 426 g/mol. The maximum absolute atomic E-state index is 12.8. The van der Waals surface area contributed by atoms with E-state index < -0.39 is 0 Å². The van der Waals surface area contributed by atoms with Crippen LogP contribution in [0.5, 0.6) is 0 Å². The van der Waals surface area contributed by atoms with Gasteiger partial charge >= 0.3 is 6.03 Å². The van der Waals surface area contributed by atoms with Gasteiger partial charge in [0, 0.05) is 69.5 Å². The number of amides is 3. The van der Waals surface area contributed by atoms with Crippen LogP contribution in [0.2, 0.25) is 0 Å². The predicted molar refractivity (Wildman–Crippen MR) is 136 cm³/mol. The Kier molecular flexibility index (Phi) is 8.55. The summed E-state index contributed by atoms with van der Waals surface area (Å²) in [4.78, 5) is 32.3. The number of carbonyl (C=O) groups is 2. The molecule has 2 heterocycles. The number of carbonyl (C=O) groups excluding carboxylic acids is 2. The molecule has 0 unspecified atom stereocenters. The molecule has 2 fully saturated rings. The summed E-state index contributed by atoms with van der Waals surface area (Å²) in [7, 11) is 0. The number of piperazine rings is 1. The lowest BCUT2D eigenvalue weighted by molar-refractivity contribution is 0.0937.